The third kappa shape index (κ3) is 3.20. The minimum absolute atomic E-state index is 0.603. The van der Waals surface area contributed by atoms with Gasteiger partial charge >= 0.3 is 0 Å². The second-order valence-electron chi connectivity index (χ2n) is 5.14. The number of fused-ring (bicyclic) bond motifs is 1. The Bertz CT molecular complexity index is 997. The molecule has 0 amide bonds. The first-order valence-electron chi connectivity index (χ1n) is 7.35. The molecule has 2 aromatic carbocycles. The normalized spacial score (nSPS) is 11.0. The SMILES string of the molecule is Brc1cccc(-c2noc(CSc3ccnc4ccccc34)n2)c1. The molecule has 2 aromatic heterocycles. The van der Waals surface area contributed by atoms with Crippen molar-refractivity contribution in [3.63, 3.8) is 0 Å². The van der Waals surface area contributed by atoms with Crippen molar-refractivity contribution in [2.45, 2.75) is 10.6 Å². The highest BCUT2D eigenvalue weighted by Crippen LogP contribution is 2.29. The lowest BCUT2D eigenvalue weighted by Gasteiger charge is -2.03. The highest BCUT2D eigenvalue weighted by molar-refractivity contribution is 9.10. The number of halogens is 1. The molecule has 24 heavy (non-hydrogen) atoms. The molecule has 0 unspecified atom stereocenters. The molecule has 0 atom stereocenters. The van der Waals surface area contributed by atoms with Crippen LogP contribution in [-0.4, -0.2) is 15.1 Å². The fourth-order valence-electron chi connectivity index (χ4n) is 2.39. The average Bonchev–Trinajstić information content (AvgIpc) is 3.09. The standard InChI is InChI=1S/C18H12BrN3OS/c19-13-5-3-4-12(10-13)18-21-17(23-22-18)11-24-16-8-9-20-15-7-2-1-6-14(15)16/h1-10H,11H2. The molecule has 4 rings (SSSR count). The van der Waals surface area contributed by atoms with E-state index in [0.717, 1.165) is 25.8 Å². The van der Waals surface area contributed by atoms with Crippen LogP contribution in [0.2, 0.25) is 0 Å². The summed E-state index contributed by atoms with van der Waals surface area (Å²) in [7, 11) is 0. The number of pyridine rings is 1. The van der Waals surface area contributed by atoms with Crippen molar-refractivity contribution in [1.82, 2.24) is 15.1 Å². The first-order valence-corrected chi connectivity index (χ1v) is 9.12. The number of thioether (sulfide) groups is 1. The van der Waals surface area contributed by atoms with E-state index in [4.69, 9.17) is 4.52 Å². The molecule has 4 nitrogen and oxygen atoms in total. The molecule has 0 N–H and O–H groups in total. The maximum Gasteiger partial charge on any atom is 0.237 e. The average molecular weight is 398 g/mol. The first-order chi connectivity index (χ1) is 11.8. The second-order valence-corrected chi connectivity index (χ2v) is 7.07. The van der Waals surface area contributed by atoms with Gasteiger partial charge in [0.25, 0.3) is 0 Å². The Morgan fingerprint density at radius 3 is 2.88 bits per heavy atom. The quantitative estimate of drug-likeness (QED) is 0.435. The Balaban J connectivity index is 1.54. The molecule has 0 aliphatic heterocycles. The van der Waals surface area contributed by atoms with Crippen molar-refractivity contribution in [3.05, 3.63) is 71.2 Å². The molecule has 0 saturated carbocycles. The fraction of sp³-hybridized carbons (Fsp3) is 0.0556. The summed E-state index contributed by atoms with van der Waals surface area (Å²) in [4.78, 5) is 10.0. The molecule has 0 radical (unpaired) electrons. The van der Waals surface area contributed by atoms with E-state index in [2.05, 4.69) is 37.1 Å². The molecule has 118 valence electrons. The molecule has 0 fully saturated rings. The smallest absolute Gasteiger partial charge is 0.237 e. The van der Waals surface area contributed by atoms with Crippen molar-refractivity contribution in [2.24, 2.45) is 0 Å². The Labute approximate surface area is 151 Å². The molecule has 2 heterocycles. The van der Waals surface area contributed by atoms with Crippen molar-refractivity contribution in [1.29, 1.82) is 0 Å². The zero-order valence-electron chi connectivity index (χ0n) is 12.5. The zero-order chi connectivity index (χ0) is 16.4. The van der Waals surface area contributed by atoms with Gasteiger partial charge in [-0.15, -0.1) is 11.8 Å². The molecule has 0 aliphatic rings. The highest BCUT2D eigenvalue weighted by atomic mass is 79.9. The van der Waals surface area contributed by atoms with Gasteiger partial charge in [0.1, 0.15) is 0 Å². The number of hydrogen-bond donors (Lipinski definition) is 0. The second kappa shape index (κ2) is 6.75. The third-order valence-electron chi connectivity index (χ3n) is 3.51. The lowest BCUT2D eigenvalue weighted by Crippen LogP contribution is -1.85. The van der Waals surface area contributed by atoms with Crippen molar-refractivity contribution >= 4 is 38.6 Å². The summed E-state index contributed by atoms with van der Waals surface area (Å²) >= 11 is 5.12. The zero-order valence-corrected chi connectivity index (χ0v) is 14.9. The maximum atomic E-state index is 5.38. The Kier molecular flexibility index (Phi) is 4.32. The summed E-state index contributed by atoms with van der Waals surface area (Å²) in [6, 6.07) is 18.0. The van der Waals surface area contributed by atoms with Crippen LogP contribution in [-0.2, 0) is 5.75 Å². The topological polar surface area (TPSA) is 51.8 Å². The van der Waals surface area contributed by atoms with Gasteiger partial charge in [0.15, 0.2) is 0 Å². The number of benzene rings is 2. The summed E-state index contributed by atoms with van der Waals surface area (Å²) in [5.74, 6) is 1.83. The fourth-order valence-corrected chi connectivity index (χ4v) is 3.67. The van der Waals surface area contributed by atoms with E-state index in [9.17, 15) is 0 Å². The van der Waals surface area contributed by atoms with Crippen LogP contribution in [0.15, 0.2) is 74.7 Å². The minimum atomic E-state index is 0.603. The van der Waals surface area contributed by atoms with Crippen molar-refractivity contribution < 1.29 is 4.52 Å². The number of para-hydroxylation sites is 1. The summed E-state index contributed by atoms with van der Waals surface area (Å²) < 4.78 is 6.37. The Morgan fingerprint density at radius 2 is 1.96 bits per heavy atom. The number of hydrogen-bond acceptors (Lipinski definition) is 5. The predicted octanol–water partition coefficient (Wildman–Crippen LogP) is 5.34. The van der Waals surface area contributed by atoms with Crippen LogP contribution in [0.1, 0.15) is 5.89 Å². The Hall–Kier alpha value is -2.18. The number of nitrogens with zero attached hydrogens (tertiary/aromatic N) is 3. The summed E-state index contributed by atoms with van der Waals surface area (Å²) in [6.07, 6.45) is 1.82. The van der Waals surface area contributed by atoms with Crippen LogP contribution < -0.4 is 0 Å². The van der Waals surface area contributed by atoms with E-state index < -0.39 is 0 Å². The summed E-state index contributed by atoms with van der Waals surface area (Å²) in [5.41, 5.74) is 1.92. The van der Waals surface area contributed by atoms with E-state index in [1.165, 1.54) is 0 Å². The Morgan fingerprint density at radius 1 is 1.04 bits per heavy atom. The van der Waals surface area contributed by atoms with Crippen molar-refractivity contribution in [3.8, 4) is 11.4 Å². The van der Waals surface area contributed by atoms with Crippen LogP contribution >= 0.6 is 27.7 Å². The van der Waals surface area contributed by atoms with Gasteiger partial charge in [0, 0.05) is 26.5 Å². The van der Waals surface area contributed by atoms with E-state index in [1.54, 1.807) is 11.8 Å². The largest absolute Gasteiger partial charge is 0.338 e. The molecular formula is C18H12BrN3OS. The van der Waals surface area contributed by atoms with E-state index >= 15 is 0 Å². The predicted molar refractivity (Wildman–Crippen MR) is 98.7 cm³/mol. The van der Waals surface area contributed by atoms with Gasteiger partial charge < -0.3 is 4.52 Å². The maximum absolute atomic E-state index is 5.38. The lowest BCUT2D eigenvalue weighted by molar-refractivity contribution is 0.391. The van der Waals surface area contributed by atoms with Crippen LogP contribution in [0.4, 0.5) is 0 Å². The monoisotopic (exact) mass is 397 g/mol. The molecule has 0 aliphatic carbocycles. The van der Waals surface area contributed by atoms with Gasteiger partial charge in [0.2, 0.25) is 11.7 Å². The van der Waals surface area contributed by atoms with E-state index in [-0.39, 0.29) is 0 Å². The van der Waals surface area contributed by atoms with Crippen molar-refractivity contribution in [2.75, 3.05) is 0 Å². The molecule has 0 bridgehead atoms. The van der Waals surface area contributed by atoms with Gasteiger partial charge in [-0.3, -0.25) is 4.98 Å². The van der Waals surface area contributed by atoms with E-state index in [1.807, 2.05) is 54.7 Å². The molecule has 6 heteroatoms. The van der Waals surface area contributed by atoms with Gasteiger partial charge in [-0.1, -0.05) is 51.4 Å². The van der Waals surface area contributed by atoms with Crippen LogP contribution in [0, 0.1) is 0 Å². The van der Waals surface area contributed by atoms with Crippen LogP contribution in [0.3, 0.4) is 0 Å². The molecule has 4 aromatic rings. The lowest BCUT2D eigenvalue weighted by atomic mass is 10.2. The summed E-state index contributed by atoms with van der Waals surface area (Å²) in [6.45, 7) is 0. The summed E-state index contributed by atoms with van der Waals surface area (Å²) in [5, 5.41) is 5.21. The molecule has 0 saturated heterocycles. The van der Waals surface area contributed by atoms with E-state index in [0.29, 0.717) is 17.5 Å². The molecular weight excluding hydrogens is 386 g/mol. The molecule has 0 spiro atoms. The third-order valence-corrected chi connectivity index (χ3v) is 5.06. The van der Waals surface area contributed by atoms with Crippen LogP contribution in [0.5, 0.6) is 0 Å². The van der Waals surface area contributed by atoms with Crippen LogP contribution in [0.25, 0.3) is 22.3 Å². The van der Waals surface area contributed by atoms with Gasteiger partial charge in [-0.2, -0.15) is 4.98 Å². The van der Waals surface area contributed by atoms with Gasteiger partial charge in [-0.05, 0) is 24.3 Å². The first kappa shape index (κ1) is 15.4. The van der Waals surface area contributed by atoms with Gasteiger partial charge in [0.05, 0.1) is 11.3 Å². The van der Waals surface area contributed by atoms with Gasteiger partial charge in [-0.25, -0.2) is 0 Å². The minimum Gasteiger partial charge on any atom is -0.338 e. The number of aromatic nitrogens is 3. The number of rotatable bonds is 4. The highest BCUT2D eigenvalue weighted by Gasteiger charge is 2.10.